The van der Waals surface area contributed by atoms with Gasteiger partial charge in [-0.05, 0) is 13.3 Å². The maximum Gasteiger partial charge on any atom is 0.332 e. The van der Waals surface area contributed by atoms with E-state index in [9.17, 15) is 9.59 Å². The number of anilines is 2. The first-order valence-electron chi connectivity index (χ1n) is 5.76. The largest absolute Gasteiger partial charge is 0.383 e. The monoisotopic (exact) mass is 250 g/mol. The molecule has 18 heavy (non-hydrogen) atoms. The molecule has 0 aliphatic rings. The molecule has 0 spiro atoms. The van der Waals surface area contributed by atoms with Crippen LogP contribution >= 0.6 is 0 Å². The smallest absolute Gasteiger partial charge is 0.332 e. The van der Waals surface area contributed by atoms with Gasteiger partial charge in [0.05, 0.1) is 6.04 Å². The topological polar surface area (TPSA) is 82.0 Å². The number of hydrogen-bond acceptors (Lipinski definition) is 4. The highest BCUT2D eigenvalue weighted by Gasteiger charge is 2.15. The molecule has 0 bridgehead atoms. The van der Waals surface area contributed by atoms with Gasteiger partial charge < -0.3 is 11.1 Å². The van der Waals surface area contributed by atoms with E-state index in [0.717, 1.165) is 11.0 Å². The summed E-state index contributed by atoms with van der Waals surface area (Å²) in [5, 5.41) is 2.84. The first kappa shape index (κ1) is 13.9. The second-order valence-electron chi connectivity index (χ2n) is 4.09. The van der Waals surface area contributed by atoms with Crippen molar-refractivity contribution in [3.63, 3.8) is 0 Å². The van der Waals surface area contributed by atoms with Crippen LogP contribution in [0, 0.1) is 12.3 Å². The van der Waals surface area contributed by atoms with Gasteiger partial charge in [0.2, 0.25) is 0 Å². The number of aromatic nitrogens is 2. The minimum absolute atomic E-state index is 0.132. The number of nitrogens with two attached hydrogens (primary N) is 1. The van der Waals surface area contributed by atoms with Crippen molar-refractivity contribution in [2.75, 3.05) is 11.1 Å². The zero-order valence-corrected chi connectivity index (χ0v) is 10.9. The average Bonchev–Trinajstić information content (AvgIpc) is 2.37. The number of nitrogens with zero attached hydrogens (tertiary/aromatic N) is 2. The van der Waals surface area contributed by atoms with Crippen LogP contribution in [-0.2, 0) is 13.6 Å². The van der Waals surface area contributed by atoms with Gasteiger partial charge in [0.15, 0.2) is 0 Å². The average molecular weight is 250 g/mol. The van der Waals surface area contributed by atoms with Crippen LogP contribution in [0.3, 0.4) is 0 Å². The Morgan fingerprint density at radius 3 is 2.61 bits per heavy atom. The van der Waals surface area contributed by atoms with E-state index in [1.807, 2.05) is 6.92 Å². The van der Waals surface area contributed by atoms with E-state index in [-0.39, 0.29) is 17.5 Å². The molecule has 1 aromatic heterocycles. The van der Waals surface area contributed by atoms with Crippen LogP contribution < -0.4 is 22.3 Å². The fourth-order valence-electron chi connectivity index (χ4n) is 1.62. The Hall–Kier alpha value is -2.16. The first-order valence-corrected chi connectivity index (χ1v) is 5.76. The number of terminal acetylenes is 1. The Bertz CT molecular complexity index is 592. The Labute approximate surface area is 105 Å². The molecule has 0 saturated heterocycles. The molecule has 1 rings (SSSR count). The summed E-state index contributed by atoms with van der Waals surface area (Å²) in [5.41, 5.74) is 5.15. The van der Waals surface area contributed by atoms with Gasteiger partial charge in [-0.2, -0.15) is 0 Å². The summed E-state index contributed by atoms with van der Waals surface area (Å²) < 4.78 is 2.39. The highest BCUT2D eigenvalue weighted by Crippen LogP contribution is 2.12. The Morgan fingerprint density at radius 1 is 1.50 bits per heavy atom. The van der Waals surface area contributed by atoms with Gasteiger partial charge in [0.1, 0.15) is 11.5 Å². The number of rotatable bonds is 4. The minimum Gasteiger partial charge on any atom is -0.383 e. The second-order valence-corrected chi connectivity index (χ2v) is 4.09. The van der Waals surface area contributed by atoms with Crippen molar-refractivity contribution in [3.05, 3.63) is 20.8 Å². The third-order valence-corrected chi connectivity index (χ3v) is 2.64. The van der Waals surface area contributed by atoms with Crippen LogP contribution in [0.15, 0.2) is 9.59 Å². The van der Waals surface area contributed by atoms with E-state index >= 15 is 0 Å². The van der Waals surface area contributed by atoms with Gasteiger partial charge in [-0.1, -0.05) is 12.8 Å². The molecule has 1 heterocycles. The second kappa shape index (κ2) is 5.45. The molecule has 1 unspecified atom stereocenters. The summed E-state index contributed by atoms with van der Waals surface area (Å²) in [7, 11) is 1.42. The Morgan fingerprint density at radius 2 is 2.11 bits per heavy atom. The van der Waals surface area contributed by atoms with Crippen molar-refractivity contribution >= 4 is 11.5 Å². The van der Waals surface area contributed by atoms with E-state index in [0.29, 0.717) is 6.54 Å². The zero-order chi connectivity index (χ0) is 13.9. The highest BCUT2D eigenvalue weighted by atomic mass is 16.2. The van der Waals surface area contributed by atoms with Crippen molar-refractivity contribution in [2.45, 2.75) is 32.9 Å². The van der Waals surface area contributed by atoms with Crippen LogP contribution in [-0.4, -0.2) is 15.2 Å². The molecule has 0 radical (unpaired) electrons. The maximum absolute atomic E-state index is 12.0. The molecule has 3 N–H and O–H groups in total. The van der Waals surface area contributed by atoms with Crippen molar-refractivity contribution in [3.8, 4) is 12.3 Å². The van der Waals surface area contributed by atoms with Crippen molar-refractivity contribution < 1.29 is 0 Å². The Balaban J connectivity index is 3.48. The fraction of sp³-hybridized carbons (Fsp3) is 0.500. The lowest BCUT2D eigenvalue weighted by Crippen LogP contribution is -2.41. The van der Waals surface area contributed by atoms with Crippen LogP contribution in [0.25, 0.3) is 0 Å². The highest BCUT2D eigenvalue weighted by molar-refractivity contribution is 5.61. The lowest BCUT2D eigenvalue weighted by atomic mass is 10.3. The summed E-state index contributed by atoms with van der Waals surface area (Å²) >= 11 is 0. The van der Waals surface area contributed by atoms with Gasteiger partial charge in [0.25, 0.3) is 5.56 Å². The molecular formula is C12H18N4O2. The standard InChI is InChI=1S/C12H18N4O2/c1-5-7-16-10(13)9(14-8(3)6-2)11(17)15(4)12(16)18/h2,8,14H,5,7,13H2,1,3-4H3. The Kier molecular flexibility index (Phi) is 4.21. The molecule has 1 atom stereocenters. The third-order valence-electron chi connectivity index (χ3n) is 2.64. The normalized spacial score (nSPS) is 11.9. The van der Waals surface area contributed by atoms with Gasteiger partial charge in [-0.3, -0.25) is 13.9 Å². The summed E-state index contributed by atoms with van der Waals surface area (Å²) in [5.74, 6) is 2.58. The number of hydrogen-bond donors (Lipinski definition) is 2. The van der Waals surface area contributed by atoms with Crippen molar-refractivity contribution in [1.29, 1.82) is 0 Å². The SMILES string of the molecule is C#CC(C)Nc1c(N)n(CCC)c(=O)n(C)c1=O. The lowest BCUT2D eigenvalue weighted by Gasteiger charge is -2.16. The quantitative estimate of drug-likeness (QED) is 0.735. The minimum atomic E-state index is -0.466. The predicted octanol–water partition coefficient (Wildman–Crippen LogP) is -0.0272. The van der Waals surface area contributed by atoms with Crippen LogP contribution in [0.5, 0.6) is 0 Å². The summed E-state index contributed by atoms with van der Waals surface area (Å²) in [4.78, 5) is 23.8. The van der Waals surface area contributed by atoms with Crippen LogP contribution in [0.2, 0.25) is 0 Å². The van der Waals surface area contributed by atoms with Gasteiger partial charge in [-0.15, -0.1) is 6.42 Å². The molecule has 0 aliphatic carbocycles. The summed E-state index contributed by atoms with van der Waals surface area (Å²) in [6, 6.07) is -0.340. The maximum atomic E-state index is 12.0. The van der Waals surface area contributed by atoms with Crippen molar-refractivity contribution in [1.82, 2.24) is 9.13 Å². The molecule has 0 fully saturated rings. The third kappa shape index (κ3) is 2.40. The molecule has 0 aliphatic heterocycles. The molecule has 0 amide bonds. The van der Waals surface area contributed by atoms with Crippen LogP contribution in [0.4, 0.5) is 11.5 Å². The number of nitrogens with one attached hydrogen (secondary N) is 1. The predicted molar refractivity (Wildman–Crippen MR) is 72.6 cm³/mol. The van der Waals surface area contributed by atoms with E-state index in [1.165, 1.54) is 11.6 Å². The lowest BCUT2D eigenvalue weighted by molar-refractivity contribution is 0.600. The van der Waals surface area contributed by atoms with Gasteiger partial charge >= 0.3 is 5.69 Å². The summed E-state index contributed by atoms with van der Waals surface area (Å²) in [6.07, 6.45) is 6.00. The van der Waals surface area contributed by atoms with E-state index in [2.05, 4.69) is 11.2 Å². The van der Waals surface area contributed by atoms with Crippen LogP contribution in [0.1, 0.15) is 20.3 Å². The molecule has 0 saturated carbocycles. The first-order chi connectivity index (χ1) is 8.43. The zero-order valence-electron chi connectivity index (χ0n) is 10.9. The molecule has 1 aromatic rings. The molecule has 0 aromatic carbocycles. The molecule has 6 heteroatoms. The number of nitrogen functional groups attached to an aromatic ring is 1. The summed E-state index contributed by atoms with van der Waals surface area (Å²) in [6.45, 7) is 4.11. The van der Waals surface area contributed by atoms with E-state index in [4.69, 9.17) is 12.2 Å². The van der Waals surface area contributed by atoms with Crippen molar-refractivity contribution in [2.24, 2.45) is 7.05 Å². The van der Waals surface area contributed by atoms with E-state index in [1.54, 1.807) is 6.92 Å². The van der Waals surface area contributed by atoms with Gasteiger partial charge in [-0.25, -0.2) is 4.79 Å². The fourth-order valence-corrected chi connectivity index (χ4v) is 1.62. The molecule has 6 nitrogen and oxygen atoms in total. The molecular weight excluding hydrogens is 232 g/mol. The van der Waals surface area contributed by atoms with Gasteiger partial charge in [0, 0.05) is 13.6 Å². The van der Waals surface area contributed by atoms with E-state index < -0.39 is 11.2 Å². The molecule has 98 valence electrons.